The molecule has 0 spiro atoms. The number of carbonyl (C=O) groups excluding carboxylic acids is 1. The van der Waals surface area contributed by atoms with Crippen molar-refractivity contribution in [3.63, 3.8) is 0 Å². The van der Waals surface area contributed by atoms with Crippen LogP contribution in [0.4, 0.5) is 16.3 Å². The van der Waals surface area contributed by atoms with Gasteiger partial charge in [0.25, 0.3) is 0 Å². The maximum Gasteiger partial charge on any atom is 0.433 e. The number of benzene rings is 1. The molecule has 0 aliphatic heterocycles. The Kier molecular flexibility index (Phi) is 10.0. The SMILES string of the molecule is CC(C)(C)OC(=O)N=CCCCCC(=N)Cc1ccc(-c2ccnc(Nc3cccc(CO)c3)c2)cn1. The Hall–Kier alpha value is -3.91. The van der Waals surface area contributed by atoms with E-state index in [-0.39, 0.29) is 6.61 Å². The molecule has 1 amide bonds. The lowest BCUT2D eigenvalue weighted by Gasteiger charge is -2.17. The topological polar surface area (TPSA) is 121 Å². The second-order valence-electron chi connectivity index (χ2n) is 9.77. The summed E-state index contributed by atoms with van der Waals surface area (Å²) in [5, 5.41) is 20.9. The number of amides is 1. The molecule has 37 heavy (non-hydrogen) atoms. The first kappa shape index (κ1) is 27.7. The Morgan fingerprint density at radius 1 is 1.11 bits per heavy atom. The van der Waals surface area contributed by atoms with Gasteiger partial charge in [0.2, 0.25) is 0 Å². The van der Waals surface area contributed by atoms with Crippen LogP contribution in [0.3, 0.4) is 0 Å². The van der Waals surface area contributed by atoms with Crippen LogP contribution in [0.1, 0.15) is 57.7 Å². The van der Waals surface area contributed by atoms with Crippen LogP contribution in [0.15, 0.2) is 65.9 Å². The zero-order valence-corrected chi connectivity index (χ0v) is 21.7. The smallest absolute Gasteiger partial charge is 0.433 e. The Morgan fingerprint density at radius 3 is 2.68 bits per heavy atom. The first-order valence-electron chi connectivity index (χ1n) is 12.4. The highest BCUT2D eigenvalue weighted by Gasteiger charge is 2.14. The summed E-state index contributed by atoms with van der Waals surface area (Å²) in [6, 6.07) is 15.4. The molecule has 0 bridgehead atoms. The van der Waals surface area contributed by atoms with Crippen LogP contribution in [0.5, 0.6) is 0 Å². The number of carbonyl (C=O) groups is 1. The molecule has 3 rings (SSSR count). The molecule has 0 aliphatic carbocycles. The molecule has 2 aromatic heterocycles. The predicted octanol–water partition coefficient (Wildman–Crippen LogP) is 6.51. The monoisotopic (exact) mass is 501 g/mol. The second-order valence-corrected chi connectivity index (χ2v) is 9.77. The number of ether oxygens (including phenoxy) is 1. The van der Waals surface area contributed by atoms with Gasteiger partial charge < -0.3 is 20.6 Å². The molecule has 0 saturated heterocycles. The van der Waals surface area contributed by atoms with Gasteiger partial charge >= 0.3 is 6.09 Å². The summed E-state index contributed by atoms with van der Waals surface area (Å²) in [7, 11) is 0. The fourth-order valence-electron chi connectivity index (χ4n) is 3.58. The lowest BCUT2D eigenvalue weighted by Crippen LogP contribution is -2.21. The van der Waals surface area contributed by atoms with Gasteiger partial charge in [-0.05, 0) is 87.9 Å². The van der Waals surface area contributed by atoms with E-state index in [1.807, 2.05) is 75.5 Å². The van der Waals surface area contributed by atoms with Crippen molar-refractivity contribution in [2.45, 2.75) is 65.1 Å². The van der Waals surface area contributed by atoms with Gasteiger partial charge in [-0.15, -0.1) is 0 Å². The molecule has 3 aromatic rings. The van der Waals surface area contributed by atoms with Crippen LogP contribution >= 0.6 is 0 Å². The third-order valence-electron chi connectivity index (χ3n) is 5.35. The highest BCUT2D eigenvalue weighted by atomic mass is 16.6. The van der Waals surface area contributed by atoms with Gasteiger partial charge in [0.1, 0.15) is 11.4 Å². The summed E-state index contributed by atoms with van der Waals surface area (Å²) >= 11 is 0. The van der Waals surface area contributed by atoms with E-state index in [4.69, 9.17) is 10.1 Å². The van der Waals surface area contributed by atoms with E-state index in [0.717, 1.165) is 40.9 Å². The Morgan fingerprint density at radius 2 is 1.95 bits per heavy atom. The van der Waals surface area contributed by atoms with Gasteiger partial charge in [-0.3, -0.25) is 4.98 Å². The van der Waals surface area contributed by atoms with Crippen molar-refractivity contribution in [3.8, 4) is 11.1 Å². The Balaban J connectivity index is 1.45. The van der Waals surface area contributed by atoms with Gasteiger partial charge in [-0.1, -0.05) is 18.2 Å². The van der Waals surface area contributed by atoms with E-state index in [1.54, 1.807) is 12.4 Å². The Labute approximate surface area is 218 Å². The molecule has 3 N–H and O–H groups in total. The molecule has 1 aromatic carbocycles. The van der Waals surface area contributed by atoms with Crippen LogP contribution in [0.2, 0.25) is 0 Å². The van der Waals surface area contributed by atoms with Crippen LogP contribution in [0, 0.1) is 5.41 Å². The number of aliphatic hydroxyl groups is 1. The molecule has 8 nitrogen and oxygen atoms in total. The first-order valence-corrected chi connectivity index (χ1v) is 12.4. The number of unbranched alkanes of at least 4 members (excludes halogenated alkanes) is 2. The average molecular weight is 502 g/mol. The number of pyridine rings is 2. The van der Waals surface area contributed by atoms with Crippen molar-refractivity contribution >= 4 is 29.5 Å². The van der Waals surface area contributed by atoms with Crippen molar-refractivity contribution in [1.29, 1.82) is 5.41 Å². The largest absolute Gasteiger partial charge is 0.442 e. The molecule has 0 radical (unpaired) electrons. The molecular weight excluding hydrogens is 466 g/mol. The molecule has 0 aliphatic rings. The van der Waals surface area contributed by atoms with Gasteiger partial charge in [0.15, 0.2) is 0 Å². The van der Waals surface area contributed by atoms with E-state index in [0.29, 0.717) is 30.8 Å². The lowest BCUT2D eigenvalue weighted by molar-refractivity contribution is 0.0605. The normalized spacial score (nSPS) is 11.5. The van der Waals surface area contributed by atoms with E-state index in [9.17, 15) is 9.90 Å². The standard InChI is InChI=1S/C29H35N5O3/c1-29(2,3)37-28(36)32-14-6-4-5-9-24(30)18-25-12-11-23(19-33-25)22-13-15-31-27(17-22)34-26-10-7-8-21(16-26)20-35/h7-8,10-17,19,30,35H,4-6,9,18,20H2,1-3H3,(H,31,34). The summed E-state index contributed by atoms with van der Waals surface area (Å²) in [6.45, 7) is 5.42. The molecule has 0 unspecified atom stereocenters. The van der Waals surface area contributed by atoms with E-state index in [2.05, 4.69) is 20.3 Å². The van der Waals surface area contributed by atoms with Crippen molar-refractivity contribution in [2.75, 3.05) is 5.32 Å². The number of nitrogens with one attached hydrogen (secondary N) is 2. The number of anilines is 2. The first-order chi connectivity index (χ1) is 17.7. The maximum atomic E-state index is 11.6. The fraction of sp³-hybridized carbons (Fsp3) is 0.345. The van der Waals surface area contributed by atoms with Crippen LogP contribution in [-0.4, -0.2) is 38.7 Å². The summed E-state index contributed by atoms with van der Waals surface area (Å²) in [5.74, 6) is 0.703. The van der Waals surface area contributed by atoms with Gasteiger partial charge in [-0.25, -0.2) is 9.78 Å². The lowest BCUT2D eigenvalue weighted by atomic mass is 10.0. The average Bonchev–Trinajstić information content (AvgIpc) is 2.86. The molecule has 0 saturated carbocycles. The highest BCUT2D eigenvalue weighted by Crippen LogP contribution is 2.23. The summed E-state index contributed by atoms with van der Waals surface area (Å²) in [5.41, 5.74) is 4.59. The van der Waals surface area contributed by atoms with E-state index < -0.39 is 11.7 Å². The minimum absolute atomic E-state index is 0.0108. The number of aromatic nitrogens is 2. The summed E-state index contributed by atoms with van der Waals surface area (Å²) < 4.78 is 5.13. The number of aliphatic imine (C=N–C) groups is 1. The third-order valence-corrected chi connectivity index (χ3v) is 5.35. The van der Waals surface area contributed by atoms with Crippen molar-refractivity contribution in [2.24, 2.45) is 4.99 Å². The number of hydrogen-bond acceptors (Lipinski definition) is 7. The predicted molar refractivity (Wildman–Crippen MR) is 148 cm³/mol. The highest BCUT2D eigenvalue weighted by molar-refractivity contribution is 5.83. The van der Waals surface area contributed by atoms with Gasteiger partial charge in [0, 0.05) is 47.7 Å². The quantitative estimate of drug-likeness (QED) is 0.203. The second kappa shape index (κ2) is 13.4. The number of aliphatic hydroxyl groups excluding tert-OH is 1. The van der Waals surface area contributed by atoms with Crippen molar-refractivity contribution in [3.05, 3.63) is 72.2 Å². The molecule has 2 heterocycles. The zero-order valence-electron chi connectivity index (χ0n) is 21.7. The number of hydrogen-bond donors (Lipinski definition) is 3. The maximum absolute atomic E-state index is 11.6. The molecular formula is C29H35N5O3. The molecule has 0 fully saturated rings. The molecule has 0 atom stereocenters. The van der Waals surface area contributed by atoms with Crippen molar-refractivity contribution < 1.29 is 14.6 Å². The molecule has 8 heteroatoms. The van der Waals surface area contributed by atoms with Crippen LogP contribution < -0.4 is 5.32 Å². The minimum atomic E-state index is -0.568. The van der Waals surface area contributed by atoms with Crippen LogP contribution in [0.25, 0.3) is 11.1 Å². The zero-order chi connectivity index (χ0) is 26.7. The van der Waals surface area contributed by atoms with Crippen molar-refractivity contribution in [1.82, 2.24) is 9.97 Å². The summed E-state index contributed by atoms with van der Waals surface area (Å²) in [4.78, 5) is 24.3. The number of rotatable bonds is 11. The minimum Gasteiger partial charge on any atom is -0.442 e. The molecule has 194 valence electrons. The van der Waals surface area contributed by atoms with Gasteiger partial charge in [0.05, 0.1) is 6.61 Å². The summed E-state index contributed by atoms with van der Waals surface area (Å²) in [6.07, 6.45) is 8.16. The third kappa shape index (κ3) is 9.93. The number of nitrogens with zero attached hydrogens (tertiary/aromatic N) is 3. The van der Waals surface area contributed by atoms with Gasteiger partial charge in [-0.2, -0.15) is 4.99 Å². The fourth-order valence-corrected chi connectivity index (χ4v) is 3.58. The Bertz CT molecular complexity index is 1220. The van der Waals surface area contributed by atoms with E-state index in [1.165, 1.54) is 0 Å². The van der Waals surface area contributed by atoms with Crippen LogP contribution in [-0.2, 0) is 17.8 Å². The van der Waals surface area contributed by atoms with E-state index >= 15 is 0 Å².